The second-order valence-corrected chi connectivity index (χ2v) is 2.43. The topological polar surface area (TPSA) is 46.9 Å². The number of nitrogens with one attached hydrogen (secondary N) is 1. The van der Waals surface area contributed by atoms with E-state index in [1.165, 1.54) is 6.92 Å². The highest BCUT2D eigenvalue weighted by atomic mass is 16.1. The van der Waals surface area contributed by atoms with Gasteiger partial charge in [-0.3, -0.25) is 4.79 Å². The zero-order valence-electron chi connectivity index (χ0n) is 6.88. The lowest BCUT2D eigenvalue weighted by molar-refractivity contribution is -0.114. The van der Waals surface area contributed by atoms with Crippen molar-refractivity contribution in [1.82, 2.24) is 9.55 Å². The molecule has 0 fully saturated rings. The van der Waals surface area contributed by atoms with Gasteiger partial charge in [-0.25, -0.2) is 4.98 Å². The van der Waals surface area contributed by atoms with Gasteiger partial charge in [0.1, 0.15) is 11.6 Å². The van der Waals surface area contributed by atoms with Crippen LogP contribution in [0.2, 0.25) is 0 Å². The van der Waals surface area contributed by atoms with Gasteiger partial charge < -0.3 is 9.88 Å². The van der Waals surface area contributed by atoms with Crippen LogP contribution in [0.4, 0.5) is 5.82 Å². The molecule has 0 aromatic carbocycles. The lowest BCUT2D eigenvalue weighted by Crippen LogP contribution is -2.09. The van der Waals surface area contributed by atoms with E-state index in [9.17, 15) is 4.79 Å². The summed E-state index contributed by atoms with van der Waals surface area (Å²) in [5.41, 5.74) is 0. The van der Waals surface area contributed by atoms with Crippen molar-refractivity contribution in [1.29, 1.82) is 0 Å². The third-order valence-electron chi connectivity index (χ3n) is 1.52. The molecular weight excluding hydrogens is 142 g/mol. The summed E-state index contributed by atoms with van der Waals surface area (Å²) in [5, 5.41) is 2.66. The standard InChI is InChI=1S/C7H11N3O/c1-5-8-4-7(10(5)3)9-6(2)11/h4H,1-3H3,(H,9,11). The van der Waals surface area contributed by atoms with E-state index in [1.54, 1.807) is 6.20 Å². The monoisotopic (exact) mass is 153 g/mol. The fourth-order valence-electron chi connectivity index (χ4n) is 0.799. The van der Waals surface area contributed by atoms with Gasteiger partial charge in [0.2, 0.25) is 5.91 Å². The molecule has 0 atom stereocenters. The lowest BCUT2D eigenvalue weighted by atomic mass is 10.6. The number of imidazole rings is 1. The highest BCUT2D eigenvalue weighted by molar-refractivity contribution is 5.87. The van der Waals surface area contributed by atoms with Gasteiger partial charge in [-0.2, -0.15) is 0 Å². The summed E-state index contributed by atoms with van der Waals surface area (Å²) in [6.07, 6.45) is 1.64. The first-order valence-corrected chi connectivity index (χ1v) is 3.37. The number of anilines is 1. The van der Waals surface area contributed by atoms with Gasteiger partial charge in [0.25, 0.3) is 0 Å². The first kappa shape index (κ1) is 7.78. The summed E-state index contributed by atoms with van der Waals surface area (Å²) in [5.74, 6) is 1.54. The van der Waals surface area contributed by atoms with Crippen molar-refractivity contribution in [3.05, 3.63) is 12.0 Å². The highest BCUT2D eigenvalue weighted by Gasteiger charge is 2.01. The molecule has 0 aliphatic carbocycles. The molecule has 0 saturated carbocycles. The number of amides is 1. The molecule has 0 aliphatic rings. The van der Waals surface area contributed by atoms with Crippen LogP contribution < -0.4 is 5.32 Å². The number of aromatic nitrogens is 2. The summed E-state index contributed by atoms with van der Waals surface area (Å²) < 4.78 is 1.82. The zero-order chi connectivity index (χ0) is 8.43. The Morgan fingerprint density at radius 1 is 1.73 bits per heavy atom. The fraction of sp³-hybridized carbons (Fsp3) is 0.429. The minimum atomic E-state index is -0.0759. The molecule has 1 amide bonds. The number of carbonyl (C=O) groups excluding carboxylic acids is 1. The summed E-state index contributed by atoms with van der Waals surface area (Å²) in [6.45, 7) is 3.35. The average molecular weight is 153 g/mol. The van der Waals surface area contributed by atoms with Gasteiger partial charge >= 0.3 is 0 Å². The summed E-state index contributed by atoms with van der Waals surface area (Å²) >= 11 is 0. The molecule has 1 aromatic rings. The normalized spacial score (nSPS) is 9.73. The van der Waals surface area contributed by atoms with Crippen molar-refractivity contribution in [3.8, 4) is 0 Å². The summed E-state index contributed by atoms with van der Waals surface area (Å²) in [6, 6.07) is 0. The molecule has 60 valence electrons. The Morgan fingerprint density at radius 2 is 2.36 bits per heavy atom. The van der Waals surface area contributed by atoms with Crippen LogP contribution in [0.1, 0.15) is 12.7 Å². The van der Waals surface area contributed by atoms with Gasteiger partial charge in [0.05, 0.1) is 6.20 Å². The van der Waals surface area contributed by atoms with Crippen LogP contribution in [-0.4, -0.2) is 15.5 Å². The molecule has 1 N–H and O–H groups in total. The predicted molar refractivity (Wildman–Crippen MR) is 42.2 cm³/mol. The zero-order valence-corrected chi connectivity index (χ0v) is 6.88. The molecular formula is C7H11N3O. The highest BCUT2D eigenvalue weighted by Crippen LogP contribution is 2.06. The molecule has 4 heteroatoms. The van der Waals surface area contributed by atoms with E-state index in [4.69, 9.17) is 0 Å². The molecule has 1 rings (SSSR count). The van der Waals surface area contributed by atoms with E-state index in [2.05, 4.69) is 10.3 Å². The summed E-state index contributed by atoms with van der Waals surface area (Å²) in [7, 11) is 1.85. The molecule has 1 heterocycles. The van der Waals surface area contributed by atoms with Gasteiger partial charge in [0, 0.05) is 14.0 Å². The van der Waals surface area contributed by atoms with Gasteiger partial charge in [0.15, 0.2) is 0 Å². The minimum Gasteiger partial charge on any atom is -0.318 e. The van der Waals surface area contributed by atoms with Crippen molar-refractivity contribution in [2.24, 2.45) is 7.05 Å². The number of aryl methyl sites for hydroxylation is 1. The van der Waals surface area contributed by atoms with E-state index in [0.29, 0.717) is 0 Å². The molecule has 0 aliphatic heterocycles. The number of hydrogen-bond donors (Lipinski definition) is 1. The predicted octanol–water partition coefficient (Wildman–Crippen LogP) is 0.687. The SMILES string of the molecule is CC(=O)Nc1cnc(C)n1C. The fourth-order valence-corrected chi connectivity index (χ4v) is 0.799. The number of hydrogen-bond acceptors (Lipinski definition) is 2. The molecule has 0 spiro atoms. The number of carbonyl (C=O) groups is 1. The molecule has 4 nitrogen and oxygen atoms in total. The van der Waals surface area contributed by atoms with Gasteiger partial charge in [-0.05, 0) is 6.92 Å². The van der Waals surface area contributed by atoms with Crippen LogP contribution >= 0.6 is 0 Å². The lowest BCUT2D eigenvalue weighted by Gasteiger charge is -2.02. The van der Waals surface area contributed by atoms with Gasteiger partial charge in [-0.1, -0.05) is 0 Å². The Labute approximate surface area is 65.2 Å². The second-order valence-electron chi connectivity index (χ2n) is 2.43. The molecule has 0 radical (unpaired) electrons. The summed E-state index contributed by atoms with van der Waals surface area (Å²) in [4.78, 5) is 14.6. The minimum absolute atomic E-state index is 0.0759. The van der Waals surface area contributed by atoms with Crippen LogP contribution in [0.15, 0.2) is 6.20 Å². The number of rotatable bonds is 1. The van der Waals surface area contributed by atoms with Crippen LogP contribution in [0.25, 0.3) is 0 Å². The number of nitrogens with zero attached hydrogens (tertiary/aromatic N) is 2. The van der Waals surface area contributed by atoms with Crippen molar-refractivity contribution in [3.63, 3.8) is 0 Å². The van der Waals surface area contributed by atoms with E-state index in [1.807, 2.05) is 18.5 Å². The molecule has 11 heavy (non-hydrogen) atoms. The molecule has 1 aromatic heterocycles. The van der Waals surface area contributed by atoms with Crippen molar-refractivity contribution >= 4 is 11.7 Å². The maximum Gasteiger partial charge on any atom is 0.222 e. The van der Waals surface area contributed by atoms with Crippen molar-refractivity contribution in [2.75, 3.05) is 5.32 Å². The Morgan fingerprint density at radius 3 is 2.73 bits per heavy atom. The van der Waals surface area contributed by atoms with Gasteiger partial charge in [-0.15, -0.1) is 0 Å². The maximum atomic E-state index is 10.6. The van der Waals surface area contributed by atoms with E-state index in [-0.39, 0.29) is 5.91 Å². The van der Waals surface area contributed by atoms with Crippen LogP contribution in [-0.2, 0) is 11.8 Å². The van der Waals surface area contributed by atoms with Crippen LogP contribution in [0, 0.1) is 6.92 Å². The first-order chi connectivity index (χ1) is 5.11. The van der Waals surface area contributed by atoms with E-state index < -0.39 is 0 Å². The van der Waals surface area contributed by atoms with Crippen LogP contribution in [0.5, 0.6) is 0 Å². The third-order valence-corrected chi connectivity index (χ3v) is 1.52. The first-order valence-electron chi connectivity index (χ1n) is 3.37. The second kappa shape index (κ2) is 2.74. The Kier molecular flexibility index (Phi) is 1.94. The third kappa shape index (κ3) is 1.58. The Balaban J connectivity index is 2.87. The molecule has 0 saturated heterocycles. The molecule has 0 unspecified atom stereocenters. The quantitative estimate of drug-likeness (QED) is 0.645. The van der Waals surface area contributed by atoms with Crippen LogP contribution in [0.3, 0.4) is 0 Å². The largest absolute Gasteiger partial charge is 0.318 e. The Bertz CT molecular complexity index is 277. The van der Waals surface area contributed by atoms with Crippen molar-refractivity contribution < 1.29 is 4.79 Å². The molecule has 0 bridgehead atoms. The Hall–Kier alpha value is -1.32. The van der Waals surface area contributed by atoms with E-state index in [0.717, 1.165) is 11.6 Å². The average Bonchev–Trinajstić information content (AvgIpc) is 2.18. The van der Waals surface area contributed by atoms with Crippen molar-refractivity contribution in [2.45, 2.75) is 13.8 Å². The smallest absolute Gasteiger partial charge is 0.222 e. The van der Waals surface area contributed by atoms with E-state index >= 15 is 0 Å². The maximum absolute atomic E-state index is 10.6.